The van der Waals surface area contributed by atoms with Gasteiger partial charge in [-0.15, -0.1) is 0 Å². The molecular weight excluding hydrogens is 398 g/mol. The first kappa shape index (κ1) is 21.0. The summed E-state index contributed by atoms with van der Waals surface area (Å²) in [6, 6.07) is 3.40. The second-order valence-electron chi connectivity index (χ2n) is 6.88. The molecule has 1 aromatic carbocycles. The van der Waals surface area contributed by atoms with Gasteiger partial charge in [0.2, 0.25) is 5.91 Å². The molecule has 8 nitrogen and oxygen atoms in total. The van der Waals surface area contributed by atoms with Crippen molar-refractivity contribution in [3.63, 3.8) is 0 Å². The second-order valence-corrected chi connectivity index (χ2v) is 7.28. The number of amides is 3. The molecule has 0 aromatic heterocycles. The van der Waals surface area contributed by atoms with Gasteiger partial charge in [-0.1, -0.05) is 18.0 Å². The normalized spacial score (nSPS) is 16.9. The van der Waals surface area contributed by atoms with Gasteiger partial charge in [-0.3, -0.25) is 25.2 Å². The first-order valence-corrected chi connectivity index (χ1v) is 10.0. The van der Waals surface area contributed by atoms with Crippen LogP contribution in [0.3, 0.4) is 0 Å². The Hall–Kier alpha value is -2.74. The summed E-state index contributed by atoms with van der Waals surface area (Å²) in [6.07, 6.45) is 6.76. The number of nitrogens with zero attached hydrogens (tertiary/aromatic N) is 1. The third kappa shape index (κ3) is 6.12. The summed E-state index contributed by atoms with van der Waals surface area (Å²) in [5.74, 6) is 0.0473. The summed E-state index contributed by atoms with van der Waals surface area (Å²) < 4.78 is 11.2. The quantitative estimate of drug-likeness (QED) is 0.573. The van der Waals surface area contributed by atoms with E-state index in [1.807, 2.05) is 0 Å². The Bertz CT molecular complexity index is 812. The lowest BCUT2D eigenvalue weighted by Gasteiger charge is -2.19. The third-order valence-corrected chi connectivity index (χ3v) is 4.86. The molecule has 2 N–H and O–H groups in total. The Morgan fingerprint density at radius 2 is 1.93 bits per heavy atom. The van der Waals surface area contributed by atoms with Crippen molar-refractivity contribution >= 4 is 35.4 Å². The molecule has 0 radical (unpaired) electrons. The maximum absolute atomic E-state index is 12.0. The van der Waals surface area contributed by atoms with E-state index in [-0.39, 0.29) is 12.5 Å². The van der Waals surface area contributed by atoms with Crippen molar-refractivity contribution < 1.29 is 23.9 Å². The van der Waals surface area contributed by atoms with Crippen LogP contribution in [0.5, 0.6) is 11.5 Å². The lowest BCUT2D eigenvalue weighted by molar-refractivity contribution is -0.136. The molecule has 29 heavy (non-hydrogen) atoms. The summed E-state index contributed by atoms with van der Waals surface area (Å²) in [5, 5.41) is 0.403. The number of halogens is 1. The number of hydrogen-bond donors (Lipinski definition) is 2. The number of benzene rings is 1. The maximum Gasteiger partial charge on any atom is 0.262 e. The zero-order valence-electron chi connectivity index (χ0n) is 16.0. The molecule has 1 saturated heterocycles. The van der Waals surface area contributed by atoms with Crippen molar-refractivity contribution in [2.75, 3.05) is 26.3 Å². The molecule has 0 unspecified atom stereocenters. The fourth-order valence-electron chi connectivity index (χ4n) is 3.11. The molecule has 2 aliphatic heterocycles. The SMILES string of the molecule is O=C(/C=C/c1cc(Cl)c2c(c1)OCCCO2)NNC(=O)CN1CCCCCC1=O. The van der Waals surface area contributed by atoms with E-state index in [4.69, 9.17) is 21.1 Å². The van der Waals surface area contributed by atoms with Gasteiger partial charge in [-0.2, -0.15) is 0 Å². The van der Waals surface area contributed by atoms with Crippen LogP contribution in [-0.2, 0) is 14.4 Å². The monoisotopic (exact) mass is 421 g/mol. The molecule has 0 aliphatic carbocycles. The number of rotatable bonds is 4. The predicted octanol–water partition coefficient (Wildman–Crippen LogP) is 2.06. The van der Waals surface area contributed by atoms with Crippen molar-refractivity contribution in [2.45, 2.75) is 32.1 Å². The van der Waals surface area contributed by atoms with Crippen LogP contribution in [0.15, 0.2) is 18.2 Å². The van der Waals surface area contributed by atoms with Gasteiger partial charge in [0.25, 0.3) is 11.8 Å². The van der Waals surface area contributed by atoms with Gasteiger partial charge >= 0.3 is 0 Å². The molecule has 3 rings (SSSR count). The molecule has 9 heteroatoms. The fraction of sp³-hybridized carbons (Fsp3) is 0.450. The van der Waals surface area contributed by atoms with Crippen molar-refractivity contribution in [3.8, 4) is 11.5 Å². The van der Waals surface area contributed by atoms with E-state index >= 15 is 0 Å². The second kappa shape index (κ2) is 10.2. The van der Waals surface area contributed by atoms with Gasteiger partial charge in [-0.05, 0) is 36.6 Å². The molecular formula is C20H24ClN3O5. The van der Waals surface area contributed by atoms with Crippen LogP contribution in [0.1, 0.15) is 37.7 Å². The number of carbonyl (C=O) groups is 3. The molecule has 156 valence electrons. The topological polar surface area (TPSA) is 97.0 Å². The minimum atomic E-state index is -0.510. The third-order valence-electron chi connectivity index (χ3n) is 4.58. The van der Waals surface area contributed by atoms with E-state index < -0.39 is 11.8 Å². The average Bonchev–Trinajstić information content (AvgIpc) is 3.06. The average molecular weight is 422 g/mol. The number of hydrazine groups is 1. The van der Waals surface area contributed by atoms with Crippen molar-refractivity contribution in [1.29, 1.82) is 0 Å². The van der Waals surface area contributed by atoms with E-state index in [9.17, 15) is 14.4 Å². The Morgan fingerprint density at radius 1 is 1.10 bits per heavy atom. The summed E-state index contributed by atoms with van der Waals surface area (Å²) in [6.45, 7) is 1.56. The van der Waals surface area contributed by atoms with Gasteiger partial charge in [0.15, 0.2) is 11.5 Å². The number of likely N-dealkylation sites (tertiary alicyclic amines) is 1. The molecule has 2 heterocycles. The summed E-state index contributed by atoms with van der Waals surface area (Å²) >= 11 is 6.23. The Balaban J connectivity index is 1.50. The largest absolute Gasteiger partial charge is 0.489 e. The highest BCUT2D eigenvalue weighted by Gasteiger charge is 2.19. The van der Waals surface area contributed by atoms with Crippen molar-refractivity contribution in [2.24, 2.45) is 0 Å². The van der Waals surface area contributed by atoms with Gasteiger partial charge in [0.1, 0.15) is 6.54 Å². The zero-order valence-corrected chi connectivity index (χ0v) is 16.8. The molecule has 1 aromatic rings. The maximum atomic E-state index is 12.0. The van der Waals surface area contributed by atoms with Crippen LogP contribution in [-0.4, -0.2) is 48.9 Å². The van der Waals surface area contributed by atoms with Crippen LogP contribution in [0.4, 0.5) is 0 Å². The summed E-state index contributed by atoms with van der Waals surface area (Å²) in [7, 11) is 0. The Morgan fingerprint density at radius 3 is 2.79 bits per heavy atom. The van der Waals surface area contributed by atoms with Gasteiger partial charge in [0.05, 0.1) is 18.2 Å². The fourth-order valence-corrected chi connectivity index (χ4v) is 3.38. The van der Waals surface area contributed by atoms with Gasteiger partial charge in [0, 0.05) is 25.5 Å². The van der Waals surface area contributed by atoms with Crippen molar-refractivity contribution in [1.82, 2.24) is 15.8 Å². The molecule has 2 aliphatic rings. The number of hydrogen-bond acceptors (Lipinski definition) is 5. The van der Waals surface area contributed by atoms with E-state index in [0.717, 1.165) is 25.7 Å². The van der Waals surface area contributed by atoms with Crippen LogP contribution in [0.25, 0.3) is 6.08 Å². The highest BCUT2D eigenvalue weighted by molar-refractivity contribution is 6.32. The number of nitrogens with one attached hydrogen (secondary N) is 2. The molecule has 0 bridgehead atoms. The molecule has 0 atom stereocenters. The van der Waals surface area contributed by atoms with E-state index in [1.165, 1.54) is 11.0 Å². The minimum absolute atomic E-state index is 0.0323. The molecule has 0 saturated carbocycles. The smallest absolute Gasteiger partial charge is 0.262 e. The molecule has 0 spiro atoms. The first-order chi connectivity index (χ1) is 14.0. The summed E-state index contributed by atoms with van der Waals surface area (Å²) in [4.78, 5) is 37.4. The predicted molar refractivity (Wildman–Crippen MR) is 107 cm³/mol. The zero-order chi connectivity index (χ0) is 20.6. The lowest BCUT2D eigenvalue weighted by atomic mass is 10.2. The van der Waals surface area contributed by atoms with Crippen LogP contribution in [0.2, 0.25) is 5.02 Å². The molecule has 3 amide bonds. The van der Waals surface area contributed by atoms with E-state index in [1.54, 1.807) is 18.2 Å². The van der Waals surface area contributed by atoms with Gasteiger partial charge in [-0.25, -0.2) is 0 Å². The minimum Gasteiger partial charge on any atom is -0.489 e. The summed E-state index contributed by atoms with van der Waals surface area (Å²) in [5.41, 5.74) is 5.29. The van der Waals surface area contributed by atoms with Crippen LogP contribution >= 0.6 is 11.6 Å². The van der Waals surface area contributed by atoms with E-state index in [0.29, 0.717) is 48.3 Å². The highest BCUT2D eigenvalue weighted by atomic mass is 35.5. The first-order valence-electron chi connectivity index (χ1n) is 9.67. The lowest BCUT2D eigenvalue weighted by Crippen LogP contribution is -2.47. The van der Waals surface area contributed by atoms with Crippen LogP contribution < -0.4 is 20.3 Å². The number of ether oxygens (including phenoxy) is 2. The van der Waals surface area contributed by atoms with Gasteiger partial charge < -0.3 is 14.4 Å². The van der Waals surface area contributed by atoms with E-state index in [2.05, 4.69) is 10.9 Å². The number of carbonyl (C=O) groups excluding carboxylic acids is 3. The standard InChI is InChI=1S/C20H24ClN3O5/c21-15-11-14(12-16-20(15)29-10-4-9-28-16)6-7-17(25)22-23-18(26)13-24-8-3-1-2-5-19(24)27/h6-7,11-12H,1-5,8-10,13H2,(H,22,25)(H,23,26)/b7-6+. The Kier molecular flexibility index (Phi) is 7.35. The Labute approximate surface area is 174 Å². The molecule has 1 fully saturated rings. The van der Waals surface area contributed by atoms with Crippen LogP contribution in [0, 0.1) is 0 Å². The highest BCUT2D eigenvalue weighted by Crippen LogP contribution is 2.38. The van der Waals surface area contributed by atoms with Crippen molar-refractivity contribution in [3.05, 3.63) is 28.8 Å². The number of fused-ring (bicyclic) bond motifs is 1.